The highest BCUT2D eigenvalue weighted by Crippen LogP contribution is 2.25. The smallest absolute Gasteiger partial charge is 0.227 e. The van der Waals surface area contributed by atoms with Crippen molar-refractivity contribution in [2.45, 2.75) is 52.9 Å². The Bertz CT molecular complexity index is 948. The van der Waals surface area contributed by atoms with Gasteiger partial charge in [-0.2, -0.15) is 5.10 Å². The highest BCUT2D eigenvalue weighted by molar-refractivity contribution is 5.93. The van der Waals surface area contributed by atoms with Crippen molar-refractivity contribution in [1.82, 2.24) is 14.6 Å². The van der Waals surface area contributed by atoms with Crippen LogP contribution in [-0.4, -0.2) is 20.5 Å². The molecule has 142 valence electrons. The van der Waals surface area contributed by atoms with Crippen LogP contribution in [-0.2, 0) is 10.2 Å². The maximum Gasteiger partial charge on any atom is 0.227 e. The first-order valence-electron chi connectivity index (χ1n) is 9.59. The van der Waals surface area contributed by atoms with Gasteiger partial charge in [0.15, 0.2) is 5.65 Å². The SMILES string of the molecule is CCC(CC)C(=O)Nc1cccc(-c2cnc3cc(C(C)(C)C)nn3c2)c1. The Labute approximate surface area is 160 Å². The van der Waals surface area contributed by atoms with Crippen LogP contribution in [0, 0.1) is 5.92 Å². The molecule has 5 heteroatoms. The summed E-state index contributed by atoms with van der Waals surface area (Å²) in [5.41, 5.74) is 4.59. The second-order valence-electron chi connectivity index (χ2n) is 8.01. The second-order valence-corrected chi connectivity index (χ2v) is 8.01. The molecule has 0 fully saturated rings. The van der Waals surface area contributed by atoms with Crippen molar-refractivity contribution in [3.05, 3.63) is 48.4 Å². The minimum absolute atomic E-state index is 0.0207. The van der Waals surface area contributed by atoms with Gasteiger partial charge in [-0.3, -0.25) is 4.79 Å². The average molecular weight is 364 g/mol. The summed E-state index contributed by atoms with van der Waals surface area (Å²) in [6, 6.07) is 9.89. The van der Waals surface area contributed by atoms with Gasteiger partial charge in [-0.1, -0.05) is 46.8 Å². The fraction of sp³-hybridized carbons (Fsp3) is 0.409. The lowest BCUT2D eigenvalue weighted by Crippen LogP contribution is -2.21. The second kappa shape index (κ2) is 7.51. The summed E-state index contributed by atoms with van der Waals surface area (Å²) in [7, 11) is 0. The van der Waals surface area contributed by atoms with Crippen molar-refractivity contribution < 1.29 is 4.79 Å². The standard InChI is InChI=1S/C22H28N4O/c1-6-15(7-2)21(27)24-18-10-8-9-16(11-18)17-13-23-20-12-19(22(3,4)5)25-26(20)14-17/h8-15H,6-7H2,1-5H3,(H,24,27). The predicted molar refractivity (Wildman–Crippen MR) is 110 cm³/mol. The summed E-state index contributed by atoms with van der Waals surface area (Å²) in [5.74, 6) is 0.124. The summed E-state index contributed by atoms with van der Waals surface area (Å²) < 4.78 is 1.82. The molecule has 2 heterocycles. The number of hydrogen-bond acceptors (Lipinski definition) is 3. The van der Waals surface area contributed by atoms with Crippen LogP contribution in [0.15, 0.2) is 42.7 Å². The number of anilines is 1. The zero-order valence-corrected chi connectivity index (χ0v) is 16.8. The van der Waals surface area contributed by atoms with Crippen LogP contribution in [0.25, 0.3) is 16.8 Å². The molecule has 5 nitrogen and oxygen atoms in total. The molecule has 3 rings (SSSR count). The minimum atomic E-state index is -0.0207. The van der Waals surface area contributed by atoms with Gasteiger partial charge < -0.3 is 5.32 Å². The molecule has 0 saturated carbocycles. The molecule has 1 aromatic carbocycles. The van der Waals surface area contributed by atoms with Crippen LogP contribution >= 0.6 is 0 Å². The molecular weight excluding hydrogens is 336 g/mol. The molecule has 0 aliphatic heterocycles. The molecule has 1 amide bonds. The van der Waals surface area contributed by atoms with Gasteiger partial charge in [0.25, 0.3) is 0 Å². The van der Waals surface area contributed by atoms with Crippen molar-refractivity contribution in [2.24, 2.45) is 5.92 Å². The number of rotatable bonds is 5. The number of nitrogens with one attached hydrogen (secondary N) is 1. The van der Waals surface area contributed by atoms with E-state index in [0.29, 0.717) is 0 Å². The average Bonchev–Trinajstić information content (AvgIpc) is 3.06. The van der Waals surface area contributed by atoms with Gasteiger partial charge in [-0.15, -0.1) is 0 Å². The summed E-state index contributed by atoms with van der Waals surface area (Å²) in [5, 5.41) is 7.70. The number of carbonyl (C=O) groups excluding carboxylic acids is 1. The van der Waals surface area contributed by atoms with E-state index in [0.717, 1.165) is 41.0 Å². The van der Waals surface area contributed by atoms with Crippen LogP contribution < -0.4 is 5.32 Å². The summed E-state index contributed by atoms with van der Waals surface area (Å²) in [6.45, 7) is 10.5. The van der Waals surface area contributed by atoms with Gasteiger partial charge >= 0.3 is 0 Å². The van der Waals surface area contributed by atoms with E-state index in [4.69, 9.17) is 0 Å². The van der Waals surface area contributed by atoms with Crippen molar-refractivity contribution in [3.8, 4) is 11.1 Å². The quantitative estimate of drug-likeness (QED) is 0.688. The van der Waals surface area contributed by atoms with Gasteiger partial charge in [0.2, 0.25) is 5.91 Å². The molecule has 0 spiro atoms. The molecular formula is C22H28N4O. The van der Waals surface area contributed by atoms with Crippen LogP contribution in [0.2, 0.25) is 0 Å². The first kappa shape index (κ1) is 19.1. The monoisotopic (exact) mass is 364 g/mol. The molecule has 0 saturated heterocycles. The minimum Gasteiger partial charge on any atom is -0.326 e. The number of amides is 1. The Morgan fingerprint density at radius 3 is 2.56 bits per heavy atom. The Morgan fingerprint density at radius 1 is 1.15 bits per heavy atom. The molecule has 0 atom stereocenters. The van der Waals surface area contributed by atoms with Gasteiger partial charge in [0, 0.05) is 41.0 Å². The topological polar surface area (TPSA) is 59.3 Å². The zero-order chi connectivity index (χ0) is 19.6. The highest BCUT2D eigenvalue weighted by atomic mass is 16.1. The van der Waals surface area contributed by atoms with E-state index in [9.17, 15) is 4.79 Å². The number of aromatic nitrogens is 3. The summed E-state index contributed by atoms with van der Waals surface area (Å²) in [4.78, 5) is 16.9. The van der Waals surface area contributed by atoms with Crippen molar-refractivity contribution in [3.63, 3.8) is 0 Å². The zero-order valence-electron chi connectivity index (χ0n) is 16.8. The van der Waals surface area contributed by atoms with E-state index >= 15 is 0 Å². The van der Waals surface area contributed by atoms with Gasteiger partial charge in [-0.25, -0.2) is 9.50 Å². The number of hydrogen-bond donors (Lipinski definition) is 1. The molecule has 0 bridgehead atoms. The van der Waals surface area contributed by atoms with E-state index in [1.54, 1.807) is 0 Å². The van der Waals surface area contributed by atoms with Gasteiger partial charge in [0.1, 0.15) is 0 Å². The van der Waals surface area contributed by atoms with Gasteiger partial charge in [-0.05, 0) is 30.5 Å². The molecule has 3 aromatic rings. The highest BCUT2D eigenvalue weighted by Gasteiger charge is 2.18. The Hall–Kier alpha value is -2.69. The van der Waals surface area contributed by atoms with Crippen LogP contribution in [0.1, 0.15) is 53.2 Å². The third-order valence-electron chi connectivity index (χ3n) is 4.90. The molecule has 27 heavy (non-hydrogen) atoms. The van der Waals surface area contributed by atoms with Gasteiger partial charge in [0.05, 0.1) is 5.69 Å². The number of benzene rings is 1. The van der Waals surface area contributed by atoms with Crippen molar-refractivity contribution >= 4 is 17.2 Å². The number of fused-ring (bicyclic) bond motifs is 1. The number of nitrogens with zero attached hydrogens (tertiary/aromatic N) is 3. The largest absolute Gasteiger partial charge is 0.326 e. The molecule has 0 aliphatic rings. The Kier molecular flexibility index (Phi) is 5.31. The molecule has 1 N–H and O–H groups in total. The van der Waals surface area contributed by atoms with E-state index in [1.807, 2.05) is 61.1 Å². The summed E-state index contributed by atoms with van der Waals surface area (Å²) >= 11 is 0. The van der Waals surface area contributed by atoms with E-state index in [1.165, 1.54) is 0 Å². The van der Waals surface area contributed by atoms with Crippen LogP contribution in [0.5, 0.6) is 0 Å². The Balaban J connectivity index is 1.89. The Morgan fingerprint density at radius 2 is 1.89 bits per heavy atom. The first-order chi connectivity index (χ1) is 12.8. The van der Waals surface area contributed by atoms with Crippen LogP contribution in [0.3, 0.4) is 0 Å². The third kappa shape index (κ3) is 4.18. The van der Waals surface area contributed by atoms with E-state index < -0.39 is 0 Å². The lowest BCUT2D eigenvalue weighted by molar-refractivity contribution is -0.120. The fourth-order valence-corrected chi connectivity index (χ4v) is 3.07. The molecule has 0 aliphatic carbocycles. The number of carbonyl (C=O) groups is 1. The van der Waals surface area contributed by atoms with Crippen molar-refractivity contribution in [1.29, 1.82) is 0 Å². The van der Waals surface area contributed by atoms with Crippen molar-refractivity contribution in [2.75, 3.05) is 5.32 Å². The van der Waals surface area contributed by atoms with E-state index in [-0.39, 0.29) is 17.2 Å². The summed E-state index contributed by atoms with van der Waals surface area (Å²) in [6.07, 6.45) is 5.53. The maximum atomic E-state index is 12.4. The van der Waals surface area contributed by atoms with E-state index in [2.05, 4.69) is 36.2 Å². The van der Waals surface area contributed by atoms with Crippen LogP contribution in [0.4, 0.5) is 5.69 Å². The lowest BCUT2D eigenvalue weighted by atomic mass is 9.93. The molecule has 0 unspecified atom stereocenters. The molecule has 2 aromatic heterocycles. The predicted octanol–water partition coefficient (Wildman–Crippen LogP) is 5.07. The lowest BCUT2D eigenvalue weighted by Gasteiger charge is -2.13. The fourth-order valence-electron chi connectivity index (χ4n) is 3.07. The third-order valence-corrected chi connectivity index (χ3v) is 4.90. The molecule has 0 radical (unpaired) electrons. The maximum absolute atomic E-state index is 12.4. The first-order valence-corrected chi connectivity index (χ1v) is 9.59. The normalized spacial score (nSPS) is 11.9.